The maximum absolute atomic E-state index is 10.1. The van der Waals surface area contributed by atoms with Gasteiger partial charge in [0.2, 0.25) is 0 Å². The van der Waals surface area contributed by atoms with E-state index in [0.29, 0.717) is 5.69 Å². The van der Waals surface area contributed by atoms with Gasteiger partial charge in [0, 0.05) is 6.07 Å². The van der Waals surface area contributed by atoms with Gasteiger partial charge in [-0.05, 0) is 16.0 Å². The fourth-order valence-corrected chi connectivity index (χ4v) is 0.579. The van der Waals surface area contributed by atoms with Crippen molar-refractivity contribution in [1.82, 2.24) is 4.98 Å². The lowest BCUT2D eigenvalue weighted by atomic mass is 10.4. The molecule has 1 heterocycles. The number of hydrogen-bond acceptors (Lipinski definition) is 5. The highest BCUT2D eigenvalue weighted by atomic mass is 16.6. The van der Waals surface area contributed by atoms with Crippen molar-refractivity contribution in [2.45, 2.75) is 0 Å². The smallest absolute Gasteiger partial charge is 0.358 e. The van der Waals surface area contributed by atoms with Crippen molar-refractivity contribution in [2.24, 2.45) is 5.84 Å². The van der Waals surface area contributed by atoms with Crippen LogP contribution in [0, 0.1) is 10.1 Å². The number of pyridine rings is 1. The van der Waals surface area contributed by atoms with Crippen LogP contribution in [0.1, 0.15) is 0 Å². The first-order valence-corrected chi connectivity index (χ1v) is 2.81. The number of nitro groups is 1. The number of nitrogen functional groups attached to an aromatic ring is 1. The molecule has 1 aromatic heterocycles. The second-order valence-electron chi connectivity index (χ2n) is 1.81. The van der Waals surface area contributed by atoms with Crippen molar-refractivity contribution in [2.75, 3.05) is 5.43 Å². The van der Waals surface area contributed by atoms with Crippen LogP contribution in [0.3, 0.4) is 0 Å². The summed E-state index contributed by atoms with van der Waals surface area (Å²) < 4.78 is 0. The largest absolute Gasteiger partial charge is 0.363 e. The van der Waals surface area contributed by atoms with E-state index in [1.807, 2.05) is 0 Å². The highest BCUT2D eigenvalue weighted by molar-refractivity contribution is 5.41. The molecule has 0 radical (unpaired) electrons. The molecule has 0 unspecified atom stereocenters. The van der Waals surface area contributed by atoms with E-state index in [0.717, 1.165) is 0 Å². The van der Waals surface area contributed by atoms with Crippen molar-refractivity contribution in [3.63, 3.8) is 0 Å². The van der Waals surface area contributed by atoms with E-state index < -0.39 is 4.92 Å². The highest BCUT2D eigenvalue weighted by Crippen LogP contribution is 2.09. The number of nitrogens with two attached hydrogens (primary N) is 1. The van der Waals surface area contributed by atoms with Gasteiger partial charge in [-0.25, -0.2) is 0 Å². The summed E-state index contributed by atoms with van der Waals surface area (Å²) in [5.74, 6) is 4.83. The first kappa shape index (κ1) is 7.42. The van der Waals surface area contributed by atoms with E-state index in [-0.39, 0.29) is 5.82 Å². The molecule has 0 saturated heterocycles. The molecule has 0 aliphatic carbocycles. The number of nitrogens with zero attached hydrogens (tertiary/aromatic N) is 2. The van der Waals surface area contributed by atoms with E-state index in [1.165, 1.54) is 18.3 Å². The molecule has 0 spiro atoms. The van der Waals surface area contributed by atoms with Gasteiger partial charge in [-0.15, -0.1) is 0 Å². The summed E-state index contributed by atoms with van der Waals surface area (Å²) in [4.78, 5) is 13.0. The van der Waals surface area contributed by atoms with Gasteiger partial charge in [-0.2, -0.15) is 0 Å². The van der Waals surface area contributed by atoms with Crippen molar-refractivity contribution in [3.05, 3.63) is 28.4 Å². The number of hydrogen-bond donors (Lipinski definition) is 2. The number of nitrogens with one attached hydrogen (secondary N) is 1. The summed E-state index contributed by atoms with van der Waals surface area (Å²) in [5, 5.41) is 10.1. The van der Waals surface area contributed by atoms with Crippen LogP contribution in [0.2, 0.25) is 0 Å². The van der Waals surface area contributed by atoms with Crippen LogP contribution in [0.4, 0.5) is 11.5 Å². The predicted molar refractivity (Wildman–Crippen MR) is 38.7 cm³/mol. The lowest BCUT2D eigenvalue weighted by molar-refractivity contribution is -0.389. The van der Waals surface area contributed by atoms with Gasteiger partial charge >= 0.3 is 5.82 Å². The molecular weight excluding hydrogens is 148 g/mol. The number of rotatable bonds is 2. The molecule has 0 bridgehead atoms. The van der Waals surface area contributed by atoms with Gasteiger partial charge in [0.15, 0.2) is 6.20 Å². The molecule has 1 aromatic rings. The first-order chi connectivity index (χ1) is 5.24. The summed E-state index contributed by atoms with van der Waals surface area (Å²) in [6.45, 7) is 0. The zero-order valence-electron chi connectivity index (χ0n) is 5.52. The summed E-state index contributed by atoms with van der Waals surface area (Å²) >= 11 is 0. The minimum absolute atomic E-state index is 0.191. The van der Waals surface area contributed by atoms with Crippen LogP contribution < -0.4 is 11.3 Å². The van der Waals surface area contributed by atoms with Crippen LogP contribution in [0.5, 0.6) is 0 Å². The summed E-state index contributed by atoms with van der Waals surface area (Å²) in [5.41, 5.74) is 2.85. The zero-order chi connectivity index (χ0) is 8.27. The molecular formula is C5H6N4O2. The molecule has 11 heavy (non-hydrogen) atoms. The van der Waals surface area contributed by atoms with Crippen LogP contribution in [-0.4, -0.2) is 9.91 Å². The van der Waals surface area contributed by atoms with Gasteiger partial charge in [-0.1, -0.05) is 0 Å². The Morgan fingerprint density at radius 1 is 1.64 bits per heavy atom. The predicted octanol–water partition coefficient (Wildman–Crippen LogP) is 0.275. The van der Waals surface area contributed by atoms with Gasteiger partial charge in [0.25, 0.3) is 0 Å². The molecule has 3 N–H and O–H groups in total. The van der Waals surface area contributed by atoms with E-state index in [2.05, 4.69) is 10.4 Å². The van der Waals surface area contributed by atoms with Crippen molar-refractivity contribution in [3.8, 4) is 0 Å². The van der Waals surface area contributed by atoms with Crippen LogP contribution in [0.15, 0.2) is 18.3 Å². The molecule has 1 rings (SSSR count). The van der Waals surface area contributed by atoms with E-state index in [1.54, 1.807) is 0 Å². The molecule has 6 nitrogen and oxygen atoms in total. The Balaban J connectivity index is 2.91. The Bertz CT molecular complexity index is 258. The Labute approximate surface area is 62.2 Å². The first-order valence-electron chi connectivity index (χ1n) is 2.81. The third-order valence-corrected chi connectivity index (χ3v) is 1.10. The molecule has 0 fully saturated rings. The standard InChI is InChI=1S/C5H6N4O2/c6-8-4-1-2-5(7-3-4)9(10)11/h1-3,8H,6H2. The van der Waals surface area contributed by atoms with Crippen molar-refractivity contribution in [1.29, 1.82) is 0 Å². The minimum Gasteiger partial charge on any atom is -0.358 e. The fourth-order valence-electron chi connectivity index (χ4n) is 0.579. The quantitative estimate of drug-likeness (QED) is 0.362. The Kier molecular flexibility index (Phi) is 1.98. The molecule has 0 atom stereocenters. The fraction of sp³-hybridized carbons (Fsp3) is 0. The molecule has 0 aliphatic rings. The summed E-state index contributed by atoms with van der Waals surface area (Å²) in [6, 6.07) is 2.75. The topological polar surface area (TPSA) is 94.1 Å². The maximum Gasteiger partial charge on any atom is 0.363 e. The SMILES string of the molecule is NNc1ccc([N+](=O)[O-])nc1. The van der Waals surface area contributed by atoms with Gasteiger partial charge in [-0.3, -0.25) is 5.84 Å². The van der Waals surface area contributed by atoms with Crippen LogP contribution >= 0.6 is 0 Å². The van der Waals surface area contributed by atoms with Crippen LogP contribution in [0.25, 0.3) is 0 Å². The average Bonchev–Trinajstić information content (AvgIpc) is 2.05. The van der Waals surface area contributed by atoms with E-state index >= 15 is 0 Å². The van der Waals surface area contributed by atoms with Gasteiger partial charge in [0.05, 0.1) is 5.69 Å². The lowest BCUT2D eigenvalue weighted by Gasteiger charge is -1.94. The third kappa shape index (κ3) is 1.62. The molecule has 0 aromatic carbocycles. The normalized spacial score (nSPS) is 9.18. The van der Waals surface area contributed by atoms with Crippen molar-refractivity contribution >= 4 is 11.5 Å². The molecule has 0 amide bonds. The average molecular weight is 154 g/mol. The van der Waals surface area contributed by atoms with Gasteiger partial charge < -0.3 is 15.5 Å². The van der Waals surface area contributed by atoms with Crippen LogP contribution in [-0.2, 0) is 0 Å². The molecule has 0 saturated carbocycles. The van der Waals surface area contributed by atoms with E-state index in [4.69, 9.17) is 5.84 Å². The zero-order valence-corrected chi connectivity index (χ0v) is 5.52. The Morgan fingerprint density at radius 3 is 2.73 bits per heavy atom. The minimum atomic E-state index is -0.569. The Hall–Kier alpha value is -1.69. The molecule has 0 aliphatic heterocycles. The highest BCUT2D eigenvalue weighted by Gasteiger charge is 2.04. The lowest BCUT2D eigenvalue weighted by Crippen LogP contribution is -2.06. The second-order valence-corrected chi connectivity index (χ2v) is 1.81. The Morgan fingerprint density at radius 2 is 2.36 bits per heavy atom. The third-order valence-electron chi connectivity index (χ3n) is 1.10. The number of aromatic nitrogens is 1. The van der Waals surface area contributed by atoms with E-state index in [9.17, 15) is 10.1 Å². The number of hydrazine groups is 1. The number of anilines is 1. The molecule has 58 valence electrons. The monoisotopic (exact) mass is 154 g/mol. The maximum atomic E-state index is 10.1. The van der Waals surface area contributed by atoms with Gasteiger partial charge in [0.1, 0.15) is 0 Å². The summed E-state index contributed by atoms with van der Waals surface area (Å²) in [6.07, 6.45) is 1.29. The molecule has 6 heteroatoms. The summed E-state index contributed by atoms with van der Waals surface area (Å²) in [7, 11) is 0. The van der Waals surface area contributed by atoms with Crippen molar-refractivity contribution < 1.29 is 4.92 Å². The second kappa shape index (κ2) is 2.93.